The Balaban J connectivity index is 1.73. The standard InChI is InChI=1S/C12H24N2O/c1-12(10-13)4-6-14(7-5-12)9-11-3-2-8-15-11/h11H,2-10,13H2,1H3. The van der Waals surface area contributed by atoms with Gasteiger partial charge in [-0.1, -0.05) is 6.92 Å². The third-order valence-corrected chi connectivity index (χ3v) is 4.04. The average molecular weight is 212 g/mol. The van der Waals surface area contributed by atoms with Gasteiger partial charge in [-0.25, -0.2) is 0 Å². The second-order valence-electron chi connectivity index (χ2n) is 5.45. The zero-order valence-electron chi connectivity index (χ0n) is 9.87. The summed E-state index contributed by atoms with van der Waals surface area (Å²) in [7, 11) is 0. The zero-order valence-corrected chi connectivity index (χ0v) is 9.87. The number of nitrogens with zero attached hydrogens (tertiary/aromatic N) is 1. The molecule has 15 heavy (non-hydrogen) atoms. The van der Waals surface area contributed by atoms with Gasteiger partial charge in [0.15, 0.2) is 0 Å². The van der Waals surface area contributed by atoms with Crippen molar-refractivity contribution in [1.82, 2.24) is 4.90 Å². The fraction of sp³-hybridized carbons (Fsp3) is 1.00. The number of hydrogen-bond donors (Lipinski definition) is 1. The predicted octanol–water partition coefficient (Wildman–Crippen LogP) is 1.23. The summed E-state index contributed by atoms with van der Waals surface area (Å²) in [6.45, 7) is 7.66. The molecule has 2 aliphatic rings. The van der Waals surface area contributed by atoms with Crippen molar-refractivity contribution in [3.8, 4) is 0 Å². The Morgan fingerprint density at radius 2 is 2.13 bits per heavy atom. The second kappa shape index (κ2) is 4.81. The van der Waals surface area contributed by atoms with E-state index in [4.69, 9.17) is 10.5 Å². The van der Waals surface area contributed by atoms with Crippen LogP contribution in [0.5, 0.6) is 0 Å². The van der Waals surface area contributed by atoms with E-state index in [1.807, 2.05) is 0 Å². The van der Waals surface area contributed by atoms with Gasteiger partial charge in [0.25, 0.3) is 0 Å². The molecule has 1 atom stereocenters. The van der Waals surface area contributed by atoms with Crippen LogP contribution in [0.25, 0.3) is 0 Å². The van der Waals surface area contributed by atoms with Gasteiger partial charge in [-0.15, -0.1) is 0 Å². The first-order chi connectivity index (χ1) is 7.22. The molecular formula is C12H24N2O. The SMILES string of the molecule is CC1(CN)CCN(CC2CCCO2)CC1. The number of piperidine rings is 1. The summed E-state index contributed by atoms with van der Waals surface area (Å²) in [5.41, 5.74) is 6.20. The summed E-state index contributed by atoms with van der Waals surface area (Å²) in [6, 6.07) is 0. The lowest BCUT2D eigenvalue weighted by atomic mass is 9.80. The van der Waals surface area contributed by atoms with E-state index in [-0.39, 0.29) is 0 Å². The Bertz CT molecular complexity index is 194. The molecule has 2 rings (SSSR count). The van der Waals surface area contributed by atoms with Crippen LogP contribution in [-0.2, 0) is 4.74 Å². The number of ether oxygens (including phenoxy) is 1. The highest BCUT2D eigenvalue weighted by atomic mass is 16.5. The zero-order chi connectivity index (χ0) is 10.7. The molecule has 0 aromatic heterocycles. The minimum absolute atomic E-state index is 0.396. The van der Waals surface area contributed by atoms with Gasteiger partial charge < -0.3 is 15.4 Å². The lowest BCUT2D eigenvalue weighted by molar-refractivity contribution is 0.0466. The van der Waals surface area contributed by atoms with E-state index in [1.165, 1.54) is 38.8 Å². The van der Waals surface area contributed by atoms with E-state index in [2.05, 4.69) is 11.8 Å². The Morgan fingerprint density at radius 1 is 1.40 bits per heavy atom. The van der Waals surface area contributed by atoms with Crippen molar-refractivity contribution in [3.05, 3.63) is 0 Å². The van der Waals surface area contributed by atoms with E-state index < -0.39 is 0 Å². The number of likely N-dealkylation sites (tertiary alicyclic amines) is 1. The molecule has 0 bridgehead atoms. The maximum absolute atomic E-state index is 5.80. The van der Waals surface area contributed by atoms with Crippen molar-refractivity contribution in [2.45, 2.75) is 38.7 Å². The molecule has 0 aromatic rings. The van der Waals surface area contributed by atoms with Crippen molar-refractivity contribution in [2.24, 2.45) is 11.1 Å². The molecule has 88 valence electrons. The van der Waals surface area contributed by atoms with Crippen LogP contribution in [0.2, 0.25) is 0 Å². The number of hydrogen-bond acceptors (Lipinski definition) is 3. The number of nitrogens with two attached hydrogens (primary N) is 1. The summed E-state index contributed by atoms with van der Waals surface area (Å²) < 4.78 is 5.67. The maximum atomic E-state index is 5.80. The van der Waals surface area contributed by atoms with Crippen LogP contribution in [0.3, 0.4) is 0 Å². The Hall–Kier alpha value is -0.120. The van der Waals surface area contributed by atoms with Crippen molar-refractivity contribution >= 4 is 0 Å². The first kappa shape index (κ1) is 11.4. The highest BCUT2D eigenvalue weighted by Gasteiger charge is 2.30. The fourth-order valence-corrected chi connectivity index (χ4v) is 2.56. The molecule has 0 aromatic carbocycles. The summed E-state index contributed by atoms with van der Waals surface area (Å²) in [6.07, 6.45) is 5.50. The second-order valence-corrected chi connectivity index (χ2v) is 5.45. The largest absolute Gasteiger partial charge is 0.377 e. The van der Waals surface area contributed by atoms with Crippen molar-refractivity contribution in [2.75, 3.05) is 32.8 Å². The van der Waals surface area contributed by atoms with Gasteiger partial charge in [-0.2, -0.15) is 0 Å². The molecule has 2 fully saturated rings. The Labute approximate surface area is 93.0 Å². The molecule has 2 heterocycles. The van der Waals surface area contributed by atoms with E-state index in [1.54, 1.807) is 0 Å². The first-order valence-corrected chi connectivity index (χ1v) is 6.26. The molecular weight excluding hydrogens is 188 g/mol. The van der Waals surface area contributed by atoms with Crippen LogP contribution in [0.15, 0.2) is 0 Å². The molecule has 1 unspecified atom stereocenters. The molecule has 2 saturated heterocycles. The van der Waals surface area contributed by atoms with E-state index in [9.17, 15) is 0 Å². The predicted molar refractivity (Wildman–Crippen MR) is 61.8 cm³/mol. The summed E-state index contributed by atoms with van der Waals surface area (Å²) in [4.78, 5) is 2.55. The van der Waals surface area contributed by atoms with Gasteiger partial charge >= 0.3 is 0 Å². The first-order valence-electron chi connectivity index (χ1n) is 6.26. The van der Waals surface area contributed by atoms with Crippen molar-refractivity contribution in [1.29, 1.82) is 0 Å². The van der Waals surface area contributed by atoms with Gasteiger partial charge in [0.1, 0.15) is 0 Å². The van der Waals surface area contributed by atoms with E-state index >= 15 is 0 Å². The van der Waals surface area contributed by atoms with Gasteiger partial charge in [-0.05, 0) is 50.7 Å². The molecule has 2 aliphatic heterocycles. The molecule has 0 aliphatic carbocycles. The lowest BCUT2D eigenvalue weighted by Crippen LogP contribution is -2.44. The average Bonchev–Trinajstić information content (AvgIpc) is 2.75. The Kier molecular flexibility index (Phi) is 3.65. The quantitative estimate of drug-likeness (QED) is 0.764. The minimum Gasteiger partial charge on any atom is -0.377 e. The van der Waals surface area contributed by atoms with E-state index in [0.29, 0.717) is 11.5 Å². The molecule has 3 nitrogen and oxygen atoms in total. The smallest absolute Gasteiger partial charge is 0.0702 e. The Morgan fingerprint density at radius 3 is 2.67 bits per heavy atom. The van der Waals surface area contributed by atoms with Crippen LogP contribution in [0.4, 0.5) is 0 Å². The molecule has 0 spiro atoms. The van der Waals surface area contributed by atoms with E-state index in [0.717, 1.165) is 19.7 Å². The van der Waals surface area contributed by atoms with Crippen LogP contribution >= 0.6 is 0 Å². The van der Waals surface area contributed by atoms with Crippen LogP contribution in [-0.4, -0.2) is 43.8 Å². The third kappa shape index (κ3) is 2.92. The van der Waals surface area contributed by atoms with Crippen LogP contribution < -0.4 is 5.73 Å². The molecule has 0 amide bonds. The molecule has 0 radical (unpaired) electrons. The van der Waals surface area contributed by atoms with Gasteiger partial charge in [0.2, 0.25) is 0 Å². The molecule has 3 heteroatoms. The number of rotatable bonds is 3. The molecule has 0 saturated carbocycles. The highest BCUT2D eigenvalue weighted by molar-refractivity contribution is 4.84. The summed E-state index contributed by atoms with van der Waals surface area (Å²) in [5.74, 6) is 0. The van der Waals surface area contributed by atoms with Crippen molar-refractivity contribution in [3.63, 3.8) is 0 Å². The fourth-order valence-electron chi connectivity index (χ4n) is 2.56. The van der Waals surface area contributed by atoms with Gasteiger partial charge in [0, 0.05) is 13.2 Å². The molecule has 2 N–H and O–H groups in total. The third-order valence-electron chi connectivity index (χ3n) is 4.04. The summed E-state index contributed by atoms with van der Waals surface area (Å²) in [5, 5.41) is 0. The monoisotopic (exact) mass is 212 g/mol. The van der Waals surface area contributed by atoms with Crippen molar-refractivity contribution < 1.29 is 4.74 Å². The van der Waals surface area contributed by atoms with Gasteiger partial charge in [-0.3, -0.25) is 0 Å². The topological polar surface area (TPSA) is 38.5 Å². The lowest BCUT2D eigenvalue weighted by Gasteiger charge is -2.39. The maximum Gasteiger partial charge on any atom is 0.0702 e. The minimum atomic E-state index is 0.396. The van der Waals surface area contributed by atoms with Crippen LogP contribution in [0, 0.1) is 5.41 Å². The van der Waals surface area contributed by atoms with Gasteiger partial charge in [0.05, 0.1) is 6.10 Å². The normalized spacial score (nSPS) is 32.0. The van der Waals surface area contributed by atoms with Crippen LogP contribution in [0.1, 0.15) is 32.6 Å². The highest BCUT2D eigenvalue weighted by Crippen LogP contribution is 2.29. The summed E-state index contributed by atoms with van der Waals surface area (Å²) >= 11 is 0.